The summed E-state index contributed by atoms with van der Waals surface area (Å²) in [5.41, 5.74) is 3.42. The molecule has 2 aromatic rings. The van der Waals surface area contributed by atoms with Crippen molar-refractivity contribution in [3.8, 4) is 11.1 Å². The molecule has 0 N–H and O–H groups in total. The van der Waals surface area contributed by atoms with E-state index in [4.69, 9.17) is 9.72 Å². The molecule has 0 radical (unpaired) electrons. The first-order chi connectivity index (χ1) is 16.0. The molecule has 1 aromatic heterocycles. The van der Waals surface area contributed by atoms with Gasteiger partial charge in [-0.3, -0.25) is 9.59 Å². The third kappa shape index (κ3) is 5.79. The van der Waals surface area contributed by atoms with E-state index in [9.17, 15) is 14.0 Å². The number of amides is 1. The van der Waals surface area contributed by atoms with E-state index >= 15 is 0 Å². The molecule has 1 fully saturated rings. The molecule has 2 heterocycles. The molecule has 1 saturated heterocycles. The second-order valence-electron chi connectivity index (χ2n) is 8.39. The van der Waals surface area contributed by atoms with Crippen molar-refractivity contribution in [2.45, 2.75) is 49.6 Å². The predicted octanol–water partition coefficient (Wildman–Crippen LogP) is 4.75. The fraction of sp³-hybridized carbons (Fsp3) is 0.440. The number of methoxy groups -OCH3 is 1. The van der Waals surface area contributed by atoms with Gasteiger partial charge in [-0.05, 0) is 56.2 Å². The minimum atomic E-state index is -0.344. The zero-order chi connectivity index (χ0) is 23.2. The van der Waals surface area contributed by atoms with Crippen LogP contribution in [0, 0.1) is 5.82 Å². The second kappa shape index (κ2) is 10.9. The highest BCUT2D eigenvalue weighted by molar-refractivity contribution is 7.99. The lowest BCUT2D eigenvalue weighted by molar-refractivity contribution is -0.137. The van der Waals surface area contributed by atoms with E-state index < -0.39 is 0 Å². The fourth-order valence-electron chi connectivity index (χ4n) is 4.41. The van der Waals surface area contributed by atoms with Crippen LogP contribution in [-0.4, -0.2) is 52.7 Å². The topological polar surface area (TPSA) is 72.4 Å². The van der Waals surface area contributed by atoms with E-state index in [0.717, 1.165) is 67.5 Å². The summed E-state index contributed by atoms with van der Waals surface area (Å²) >= 11 is 1.22. The van der Waals surface area contributed by atoms with Gasteiger partial charge in [-0.15, -0.1) is 0 Å². The maximum Gasteiger partial charge on any atom is 0.316 e. The van der Waals surface area contributed by atoms with Crippen LogP contribution in [0.15, 0.2) is 47.3 Å². The van der Waals surface area contributed by atoms with Gasteiger partial charge in [-0.25, -0.2) is 14.4 Å². The highest BCUT2D eigenvalue weighted by Crippen LogP contribution is 2.35. The van der Waals surface area contributed by atoms with Crippen LogP contribution in [0.1, 0.15) is 50.1 Å². The number of hydrogen-bond acceptors (Lipinski definition) is 6. The van der Waals surface area contributed by atoms with Crippen molar-refractivity contribution in [3.05, 3.63) is 53.6 Å². The smallest absolute Gasteiger partial charge is 0.316 e. The van der Waals surface area contributed by atoms with Crippen molar-refractivity contribution < 1.29 is 18.7 Å². The second-order valence-corrected chi connectivity index (χ2v) is 9.33. The Morgan fingerprint density at radius 1 is 1.21 bits per heavy atom. The van der Waals surface area contributed by atoms with Gasteiger partial charge in [-0.2, -0.15) is 0 Å². The Hall–Kier alpha value is -2.74. The zero-order valence-electron chi connectivity index (χ0n) is 18.8. The van der Waals surface area contributed by atoms with Crippen molar-refractivity contribution in [3.63, 3.8) is 0 Å². The maximum absolute atomic E-state index is 13.5. The SMILES string of the molecule is COC(=O)CSc1ncc(-c2ccc(F)cc2)c(C2CCCN(C(=O)C3=CCCCC3)C2)n1. The van der Waals surface area contributed by atoms with Crippen molar-refractivity contribution in [2.24, 2.45) is 0 Å². The summed E-state index contributed by atoms with van der Waals surface area (Å²) in [4.78, 5) is 35.9. The predicted molar refractivity (Wildman–Crippen MR) is 125 cm³/mol. The number of halogens is 1. The lowest BCUT2D eigenvalue weighted by atomic mass is 9.89. The number of hydrogen-bond donors (Lipinski definition) is 0. The van der Waals surface area contributed by atoms with Crippen LogP contribution < -0.4 is 0 Å². The number of rotatable bonds is 6. The van der Waals surface area contributed by atoms with Gasteiger partial charge in [-0.1, -0.05) is 30.0 Å². The third-order valence-electron chi connectivity index (χ3n) is 6.16. The molecule has 0 saturated carbocycles. The van der Waals surface area contributed by atoms with Crippen LogP contribution in [0.4, 0.5) is 4.39 Å². The summed E-state index contributed by atoms with van der Waals surface area (Å²) in [5, 5.41) is 0.486. The number of esters is 1. The van der Waals surface area contributed by atoms with Gasteiger partial charge in [0.05, 0.1) is 18.6 Å². The molecule has 0 bridgehead atoms. The van der Waals surface area contributed by atoms with E-state index in [2.05, 4.69) is 11.1 Å². The van der Waals surface area contributed by atoms with Gasteiger partial charge in [0.1, 0.15) is 5.82 Å². The number of ether oxygens (including phenoxy) is 1. The quantitative estimate of drug-likeness (QED) is 0.345. The van der Waals surface area contributed by atoms with E-state index in [1.807, 2.05) is 4.90 Å². The number of thioether (sulfide) groups is 1. The van der Waals surface area contributed by atoms with Gasteiger partial charge in [0.25, 0.3) is 0 Å². The van der Waals surface area contributed by atoms with Crippen LogP contribution in [0.5, 0.6) is 0 Å². The zero-order valence-corrected chi connectivity index (χ0v) is 19.6. The molecule has 8 heteroatoms. The van der Waals surface area contributed by atoms with Gasteiger partial charge in [0, 0.05) is 36.3 Å². The number of carbonyl (C=O) groups is 2. The molecular weight excluding hydrogens is 441 g/mol. The molecule has 0 spiro atoms. The molecule has 1 aliphatic carbocycles. The molecule has 4 rings (SSSR count). The number of allylic oxidation sites excluding steroid dienone is 1. The number of carbonyl (C=O) groups excluding carboxylic acids is 2. The molecule has 2 aliphatic rings. The monoisotopic (exact) mass is 469 g/mol. The number of benzene rings is 1. The van der Waals surface area contributed by atoms with Crippen molar-refractivity contribution in [1.29, 1.82) is 0 Å². The number of nitrogens with zero attached hydrogens (tertiary/aromatic N) is 3. The largest absolute Gasteiger partial charge is 0.468 e. The Morgan fingerprint density at radius 2 is 2.03 bits per heavy atom. The van der Waals surface area contributed by atoms with Crippen LogP contribution in [0.25, 0.3) is 11.1 Å². The Labute approximate surface area is 197 Å². The van der Waals surface area contributed by atoms with E-state index in [1.165, 1.54) is 31.0 Å². The average Bonchev–Trinajstić information content (AvgIpc) is 2.87. The third-order valence-corrected chi connectivity index (χ3v) is 6.99. The summed E-state index contributed by atoms with van der Waals surface area (Å²) in [7, 11) is 1.35. The standard InChI is InChI=1S/C25H28FN3O3S/c1-32-22(30)16-33-25-27-14-21(17-9-11-20(26)12-10-17)23(28-25)19-8-5-13-29(15-19)24(31)18-6-3-2-4-7-18/h6,9-12,14,19H,2-5,7-8,13,15-16H2,1H3. The normalized spacial score (nSPS) is 18.5. The maximum atomic E-state index is 13.5. The minimum Gasteiger partial charge on any atom is -0.468 e. The van der Waals surface area contributed by atoms with Crippen molar-refractivity contribution >= 4 is 23.6 Å². The highest BCUT2D eigenvalue weighted by atomic mass is 32.2. The molecule has 1 aliphatic heterocycles. The van der Waals surface area contributed by atoms with Crippen molar-refractivity contribution in [1.82, 2.24) is 14.9 Å². The Balaban J connectivity index is 1.62. The molecule has 1 aromatic carbocycles. The van der Waals surface area contributed by atoms with Gasteiger partial charge in [0.2, 0.25) is 5.91 Å². The Kier molecular flexibility index (Phi) is 7.75. The fourth-order valence-corrected chi connectivity index (χ4v) is 5.07. The summed E-state index contributed by atoms with van der Waals surface area (Å²) < 4.78 is 18.2. The van der Waals surface area contributed by atoms with Crippen molar-refractivity contribution in [2.75, 3.05) is 26.0 Å². The summed E-state index contributed by atoms with van der Waals surface area (Å²) in [6, 6.07) is 6.28. The molecular formula is C25H28FN3O3S. The highest BCUT2D eigenvalue weighted by Gasteiger charge is 2.29. The number of aromatic nitrogens is 2. The molecule has 6 nitrogen and oxygen atoms in total. The molecule has 1 atom stereocenters. The lowest BCUT2D eigenvalue weighted by Crippen LogP contribution is -2.40. The van der Waals surface area contributed by atoms with E-state index in [1.54, 1.807) is 18.3 Å². The number of piperidine rings is 1. The first-order valence-corrected chi connectivity index (χ1v) is 12.3. The first kappa shape index (κ1) is 23.4. The molecule has 174 valence electrons. The van der Waals surface area contributed by atoms with Crippen LogP contribution in [0.2, 0.25) is 0 Å². The van der Waals surface area contributed by atoms with Crippen LogP contribution in [0.3, 0.4) is 0 Å². The summed E-state index contributed by atoms with van der Waals surface area (Å²) in [6.45, 7) is 1.33. The van der Waals surface area contributed by atoms with Gasteiger partial charge < -0.3 is 9.64 Å². The van der Waals surface area contributed by atoms with Gasteiger partial charge in [0.15, 0.2) is 5.16 Å². The summed E-state index contributed by atoms with van der Waals surface area (Å²) in [5.74, 6) is -0.357. The Morgan fingerprint density at radius 3 is 2.76 bits per heavy atom. The Bertz CT molecular complexity index is 1040. The minimum absolute atomic E-state index is 0.0346. The first-order valence-electron chi connectivity index (χ1n) is 11.4. The molecule has 1 unspecified atom stereocenters. The average molecular weight is 470 g/mol. The van der Waals surface area contributed by atoms with E-state index in [0.29, 0.717) is 11.7 Å². The van der Waals surface area contributed by atoms with Crippen LogP contribution >= 0.6 is 11.8 Å². The van der Waals surface area contributed by atoms with Crippen LogP contribution in [-0.2, 0) is 14.3 Å². The van der Waals surface area contributed by atoms with Gasteiger partial charge >= 0.3 is 5.97 Å². The summed E-state index contributed by atoms with van der Waals surface area (Å²) in [6.07, 6.45) is 9.65. The number of likely N-dealkylation sites (tertiary alicyclic amines) is 1. The lowest BCUT2D eigenvalue weighted by Gasteiger charge is -2.34. The van der Waals surface area contributed by atoms with E-state index in [-0.39, 0.29) is 29.4 Å². The molecule has 1 amide bonds. The molecule has 33 heavy (non-hydrogen) atoms.